The Balaban J connectivity index is 1.98. The third kappa shape index (κ3) is 3.53. The van der Waals surface area contributed by atoms with E-state index in [0.29, 0.717) is 30.1 Å². The van der Waals surface area contributed by atoms with Gasteiger partial charge in [0.05, 0.1) is 23.4 Å². The number of amides is 1. The summed E-state index contributed by atoms with van der Waals surface area (Å²) in [6.07, 6.45) is 1.21. The van der Waals surface area contributed by atoms with E-state index in [1.165, 1.54) is 19.2 Å². The van der Waals surface area contributed by atoms with Gasteiger partial charge in [-0.25, -0.2) is 8.42 Å². The number of carbonyl (C=O) groups is 1. The van der Waals surface area contributed by atoms with Gasteiger partial charge >= 0.3 is 0 Å². The molecule has 1 heterocycles. The van der Waals surface area contributed by atoms with E-state index in [0.717, 1.165) is 17.5 Å². The maximum Gasteiger partial charge on any atom is 0.261 e. The van der Waals surface area contributed by atoms with Crippen molar-refractivity contribution in [3.63, 3.8) is 0 Å². The zero-order valence-corrected chi connectivity index (χ0v) is 15.9. The summed E-state index contributed by atoms with van der Waals surface area (Å²) >= 11 is 0. The third-order valence-corrected chi connectivity index (χ3v) is 5.81. The standard InChI is InChI=1S/C19H22N2O4S/c1-13-6-8-16(14(2)11-13)20-26(23,24)15-7-9-18(25-3)17(12-15)21-10-4-5-19(21)22/h6-9,11-12,20H,4-5,10H2,1-3H3. The molecule has 0 unspecified atom stereocenters. The lowest BCUT2D eigenvalue weighted by Gasteiger charge is -2.20. The van der Waals surface area contributed by atoms with E-state index in [2.05, 4.69) is 4.72 Å². The molecule has 6 nitrogen and oxygen atoms in total. The number of sulfonamides is 1. The fraction of sp³-hybridized carbons (Fsp3) is 0.316. The van der Waals surface area contributed by atoms with E-state index in [4.69, 9.17) is 4.74 Å². The SMILES string of the molecule is COc1ccc(S(=O)(=O)Nc2ccc(C)cc2C)cc1N1CCCC1=O. The fourth-order valence-electron chi connectivity index (χ4n) is 3.08. The molecule has 0 bridgehead atoms. The van der Waals surface area contributed by atoms with Crippen molar-refractivity contribution in [3.8, 4) is 5.75 Å². The molecule has 1 aliphatic rings. The number of methoxy groups -OCH3 is 1. The fourth-order valence-corrected chi connectivity index (χ4v) is 4.23. The number of nitrogens with zero attached hydrogens (tertiary/aromatic N) is 1. The number of nitrogens with one attached hydrogen (secondary N) is 1. The van der Waals surface area contributed by atoms with Gasteiger partial charge in [-0.05, 0) is 50.1 Å². The molecule has 1 aliphatic heterocycles. The maximum absolute atomic E-state index is 12.8. The molecule has 1 fully saturated rings. The predicted octanol–water partition coefficient (Wildman–Crippen LogP) is 3.24. The molecule has 0 aromatic heterocycles. The number of aryl methyl sites for hydroxylation is 2. The van der Waals surface area contributed by atoms with Crippen molar-refractivity contribution in [3.05, 3.63) is 47.5 Å². The summed E-state index contributed by atoms with van der Waals surface area (Å²) < 4.78 is 33.6. The molecule has 0 aliphatic carbocycles. The third-order valence-electron chi connectivity index (χ3n) is 4.45. The molecule has 0 spiro atoms. The summed E-state index contributed by atoms with van der Waals surface area (Å²) in [7, 11) is -2.29. The van der Waals surface area contributed by atoms with Crippen LogP contribution in [0.15, 0.2) is 41.3 Å². The highest BCUT2D eigenvalue weighted by molar-refractivity contribution is 7.92. The van der Waals surface area contributed by atoms with Crippen LogP contribution in [0.2, 0.25) is 0 Å². The molecule has 3 rings (SSSR count). The van der Waals surface area contributed by atoms with Crippen molar-refractivity contribution >= 4 is 27.3 Å². The lowest BCUT2D eigenvalue weighted by atomic mass is 10.1. The van der Waals surface area contributed by atoms with E-state index < -0.39 is 10.0 Å². The van der Waals surface area contributed by atoms with Crippen molar-refractivity contribution in [1.82, 2.24) is 0 Å². The number of hydrogen-bond acceptors (Lipinski definition) is 4. The smallest absolute Gasteiger partial charge is 0.261 e. The second kappa shape index (κ2) is 6.99. The van der Waals surface area contributed by atoms with Crippen LogP contribution in [0, 0.1) is 13.8 Å². The van der Waals surface area contributed by atoms with E-state index in [1.54, 1.807) is 17.0 Å². The Labute approximate surface area is 153 Å². The van der Waals surface area contributed by atoms with Crippen molar-refractivity contribution < 1.29 is 17.9 Å². The quantitative estimate of drug-likeness (QED) is 0.872. The Morgan fingerprint density at radius 3 is 2.50 bits per heavy atom. The first-order valence-electron chi connectivity index (χ1n) is 8.40. The van der Waals surface area contributed by atoms with Gasteiger partial charge in [-0.2, -0.15) is 0 Å². The Morgan fingerprint density at radius 1 is 1.12 bits per heavy atom. The predicted molar refractivity (Wildman–Crippen MR) is 101 cm³/mol. The second-order valence-corrected chi connectivity index (χ2v) is 8.09. The highest BCUT2D eigenvalue weighted by Crippen LogP contribution is 2.34. The van der Waals surface area contributed by atoms with Gasteiger partial charge in [0.2, 0.25) is 5.91 Å². The van der Waals surface area contributed by atoms with Crippen LogP contribution in [0.5, 0.6) is 5.75 Å². The lowest BCUT2D eigenvalue weighted by molar-refractivity contribution is -0.117. The van der Waals surface area contributed by atoms with Gasteiger partial charge in [0.15, 0.2) is 0 Å². The molecule has 26 heavy (non-hydrogen) atoms. The van der Waals surface area contributed by atoms with Gasteiger partial charge in [-0.1, -0.05) is 17.7 Å². The molecule has 2 aromatic rings. The van der Waals surface area contributed by atoms with E-state index in [-0.39, 0.29) is 10.8 Å². The Morgan fingerprint density at radius 2 is 1.88 bits per heavy atom. The number of ether oxygens (including phenoxy) is 1. The minimum Gasteiger partial charge on any atom is -0.495 e. The molecule has 0 saturated carbocycles. The molecule has 1 amide bonds. The average Bonchev–Trinajstić information content (AvgIpc) is 3.02. The van der Waals surface area contributed by atoms with Crippen molar-refractivity contribution in [2.24, 2.45) is 0 Å². The van der Waals surface area contributed by atoms with E-state index in [1.807, 2.05) is 26.0 Å². The monoisotopic (exact) mass is 374 g/mol. The normalized spacial score (nSPS) is 14.6. The van der Waals surface area contributed by atoms with Crippen LogP contribution in [0.3, 0.4) is 0 Å². The maximum atomic E-state index is 12.8. The largest absolute Gasteiger partial charge is 0.495 e. The number of benzene rings is 2. The van der Waals surface area contributed by atoms with Crippen molar-refractivity contribution in [2.75, 3.05) is 23.3 Å². The zero-order valence-electron chi connectivity index (χ0n) is 15.1. The van der Waals surface area contributed by atoms with Gasteiger partial charge < -0.3 is 9.64 Å². The Hall–Kier alpha value is -2.54. The summed E-state index contributed by atoms with van der Waals surface area (Å²) in [4.78, 5) is 13.7. The van der Waals surface area contributed by atoms with Crippen LogP contribution >= 0.6 is 0 Å². The molecule has 1 N–H and O–H groups in total. The first-order valence-corrected chi connectivity index (χ1v) is 9.88. The van der Waals surface area contributed by atoms with Crippen LogP contribution in [0.4, 0.5) is 11.4 Å². The average molecular weight is 374 g/mol. The van der Waals surface area contributed by atoms with Gasteiger partial charge in [-0.15, -0.1) is 0 Å². The summed E-state index contributed by atoms with van der Waals surface area (Å²) in [6, 6.07) is 10.1. The first-order chi connectivity index (χ1) is 12.3. The molecular formula is C19H22N2O4S. The molecule has 7 heteroatoms. The Kier molecular flexibility index (Phi) is 4.91. The number of carbonyl (C=O) groups excluding carboxylic acids is 1. The van der Waals surface area contributed by atoms with Crippen LogP contribution < -0.4 is 14.4 Å². The highest BCUT2D eigenvalue weighted by atomic mass is 32.2. The van der Waals surface area contributed by atoms with Gasteiger partial charge in [0.1, 0.15) is 5.75 Å². The molecule has 2 aromatic carbocycles. The minimum absolute atomic E-state index is 0.0276. The number of anilines is 2. The van der Waals surface area contributed by atoms with Crippen molar-refractivity contribution in [2.45, 2.75) is 31.6 Å². The molecular weight excluding hydrogens is 352 g/mol. The van der Waals surface area contributed by atoms with Gasteiger partial charge in [0.25, 0.3) is 10.0 Å². The molecule has 138 valence electrons. The number of hydrogen-bond donors (Lipinski definition) is 1. The van der Waals surface area contributed by atoms with Gasteiger partial charge in [0, 0.05) is 13.0 Å². The first kappa shape index (κ1) is 18.3. The molecule has 1 saturated heterocycles. The van der Waals surface area contributed by atoms with Crippen molar-refractivity contribution in [1.29, 1.82) is 0 Å². The second-order valence-electron chi connectivity index (χ2n) is 6.41. The molecule has 0 atom stereocenters. The van der Waals surface area contributed by atoms with E-state index >= 15 is 0 Å². The van der Waals surface area contributed by atoms with E-state index in [9.17, 15) is 13.2 Å². The summed E-state index contributed by atoms with van der Waals surface area (Å²) in [5.41, 5.74) is 2.92. The summed E-state index contributed by atoms with van der Waals surface area (Å²) in [6.45, 7) is 4.37. The van der Waals surface area contributed by atoms with Crippen LogP contribution in [-0.2, 0) is 14.8 Å². The lowest BCUT2D eigenvalue weighted by Crippen LogP contribution is -2.25. The van der Waals surface area contributed by atoms with Crippen LogP contribution in [0.25, 0.3) is 0 Å². The van der Waals surface area contributed by atoms with Crippen LogP contribution in [0.1, 0.15) is 24.0 Å². The summed E-state index contributed by atoms with van der Waals surface area (Å²) in [5.74, 6) is 0.450. The molecule has 0 radical (unpaired) electrons. The Bertz CT molecular complexity index is 954. The van der Waals surface area contributed by atoms with Crippen LogP contribution in [-0.4, -0.2) is 28.0 Å². The summed E-state index contributed by atoms with van der Waals surface area (Å²) in [5, 5.41) is 0. The zero-order chi connectivity index (χ0) is 18.9. The highest BCUT2D eigenvalue weighted by Gasteiger charge is 2.26. The van der Waals surface area contributed by atoms with Gasteiger partial charge in [-0.3, -0.25) is 9.52 Å². The minimum atomic E-state index is -3.79. The number of rotatable bonds is 5. The topological polar surface area (TPSA) is 75.7 Å².